The summed E-state index contributed by atoms with van der Waals surface area (Å²) in [6.45, 7) is 8.85. The van der Waals surface area contributed by atoms with E-state index in [-0.39, 0.29) is 47.5 Å². The first-order valence-corrected chi connectivity index (χ1v) is 31.9. The van der Waals surface area contributed by atoms with E-state index in [1.807, 2.05) is 71.5 Å². The number of benzene rings is 3. The number of rotatable bonds is 30. The van der Waals surface area contributed by atoms with Gasteiger partial charge in [0.1, 0.15) is 29.9 Å². The van der Waals surface area contributed by atoms with E-state index in [4.69, 9.17) is 0 Å². The number of aromatic nitrogens is 3. The van der Waals surface area contributed by atoms with E-state index in [2.05, 4.69) is 83.4 Å². The highest BCUT2D eigenvalue weighted by molar-refractivity contribution is 5.95. The lowest BCUT2D eigenvalue weighted by Gasteiger charge is -2.36. The van der Waals surface area contributed by atoms with Crippen LogP contribution in [-0.2, 0) is 48.2 Å². The van der Waals surface area contributed by atoms with E-state index in [9.17, 15) is 28.8 Å². The molecule has 86 heavy (non-hydrogen) atoms. The molecule has 6 amide bonds. The predicted octanol–water partition coefficient (Wildman–Crippen LogP) is 8.07. The molecule has 4 aliphatic rings. The van der Waals surface area contributed by atoms with Gasteiger partial charge in [0.15, 0.2) is 6.17 Å². The van der Waals surface area contributed by atoms with Gasteiger partial charge in [0.25, 0.3) is 0 Å². The molecule has 8 rings (SSSR count). The van der Waals surface area contributed by atoms with E-state index >= 15 is 0 Å². The van der Waals surface area contributed by atoms with E-state index in [1.165, 1.54) is 11.1 Å². The Kier molecular flexibility index (Phi) is 24.8. The summed E-state index contributed by atoms with van der Waals surface area (Å²) in [5.74, 6) is -1.35. The lowest BCUT2D eigenvalue weighted by Crippen LogP contribution is -2.58. The van der Waals surface area contributed by atoms with Crippen molar-refractivity contribution in [2.24, 2.45) is 10.3 Å². The number of hydrogen-bond donors (Lipinski definition) is 6. The molecular weight excluding hydrogens is 1080 g/mol. The molecule has 464 valence electrons. The van der Waals surface area contributed by atoms with Gasteiger partial charge in [-0.2, -0.15) is 0 Å². The Balaban J connectivity index is 0.733. The van der Waals surface area contributed by atoms with Crippen molar-refractivity contribution in [3.8, 4) is 0 Å². The third-order valence-corrected chi connectivity index (χ3v) is 17.9. The maximum atomic E-state index is 14.3. The number of unbranched alkanes of at least 4 members (excludes halogenated alkanes) is 6. The number of nitrogens with zero attached hydrogens (tertiary/aromatic N) is 8. The summed E-state index contributed by atoms with van der Waals surface area (Å²) < 4.78 is 1.86. The van der Waals surface area contributed by atoms with Crippen LogP contribution in [0.1, 0.15) is 182 Å². The van der Waals surface area contributed by atoms with Crippen LogP contribution in [0.5, 0.6) is 0 Å². The summed E-state index contributed by atoms with van der Waals surface area (Å²) in [4.78, 5) is 85.7. The Morgan fingerprint density at radius 2 is 1.10 bits per heavy atom. The zero-order valence-corrected chi connectivity index (χ0v) is 51.2. The second kappa shape index (κ2) is 33.0. The molecule has 6 N–H and O–H groups in total. The van der Waals surface area contributed by atoms with E-state index in [0.29, 0.717) is 44.5 Å². The van der Waals surface area contributed by atoms with Crippen molar-refractivity contribution in [3.05, 3.63) is 132 Å². The fraction of sp³-hybridized carbons (Fsp3) is 0.576. The van der Waals surface area contributed by atoms with Gasteiger partial charge in [0.2, 0.25) is 35.4 Å². The van der Waals surface area contributed by atoms with Crippen LogP contribution in [0, 0.1) is 0 Å². The molecule has 4 fully saturated rings. The van der Waals surface area contributed by atoms with Crippen molar-refractivity contribution in [3.63, 3.8) is 0 Å². The first-order chi connectivity index (χ1) is 41.8. The Morgan fingerprint density at radius 3 is 1.63 bits per heavy atom. The minimum atomic E-state index is -0.769. The van der Waals surface area contributed by atoms with Gasteiger partial charge in [-0.3, -0.25) is 38.5 Å². The fourth-order valence-electron chi connectivity index (χ4n) is 12.6. The minimum Gasteiger partial charge on any atom is -0.343 e. The average Bonchev–Trinajstić information content (AvgIpc) is 2.71. The Morgan fingerprint density at radius 1 is 0.616 bits per heavy atom. The van der Waals surface area contributed by atoms with Gasteiger partial charge in [-0.05, 0) is 140 Å². The number of nitrogens with one attached hydrogen (secondary N) is 6. The first-order valence-electron chi connectivity index (χ1n) is 31.9. The van der Waals surface area contributed by atoms with Crippen LogP contribution < -0.4 is 31.9 Å². The van der Waals surface area contributed by atoms with Crippen LogP contribution in [0.3, 0.4) is 0 Å². The second-order valence-electron chi connectivity index (χ2n) is 24.0. The summed E-state index contributed by atoms with van der Waals surface area (Å²) in [7, 11) is 3.43. The highest BCUT2D eigenvalue weighted by Gasteiger charge is 2.46. The zero-order chi connectivity index (χ0) is 60.8. The van der Waals surface area contributed by atoms with Crippen LogP contribution in [0.2, 0.25) is 0 Å². The molecule has 4 aliphatic heterocycles. The number of hydrogen-bond acceptors (Lipinski definition) is 12. The molecule has 1 unspecified atom stereocenters. The predicted molar refractivity (Wildman–Crippen MR) is 331 cm³/mol. The molecule has 20 nitrogen and oxygen atoms in total. The smallest absolute Gasteiger partial charge is 0.246 e. The molecular formula is C66H94N14O6. The zero-order valence-electron chi connectivity index (χ0n) is 51.2. The Bertz CT molecular complexity index is 2850. The largest absolute Gasteiger partial charge is 0.343 e. The quantitative estimate of drug-likeness (QED) is 0.0166. The molecule has 4 saturated heterocycles. The number of fused-ring (bicyclic) bond motifs is 2. The summed E-state index contributed by atoms with van der Waals surface area (Å²) in [6, 6.07) is 24.1. The fourth-order valence-corrected chi connectivity index (χ4v) is 12.6. The Labute approximate surface area is 508 Å². The topological polar surface area (TPSA) is 240 Å². The molecule has 0 saturated carbocycles. The maximum absolute atomic E-state index is 14.3. The number of amides is 6. The molecule has 10 atom stereocenters. The molecule has 1 aromatic heterocycles. The van der Waals surface area contributed by atoms with Crippen molar-refractivity contribution in [2.45, 2.75) is 222 Å². The lowest BCUT2D eigenvalue weighted by atomic mass is 9.98. The van der Waals surface area contributed by atoms with Crippen LogP contribution in [0.15, 0.2) is 114 Å². The molecule has 4 aromatic rings. The van der Waals surface area contributed by atoms with Crippen molar-refractivity contribution in [2.75, 3.05) is 20.6 Å². The van der Waals surface area contributed by atoms with Crippen molar-refractivity contribution >= 4 is 35.4 Å². The van der Waals surface area contributed by atoms with Gasteiger partial charge in [0.05, 0.1) is 24.3 Å². The minimum absolute atomic E-state index is 0.0395. The number of carbonyl (C=O) groups excluding carboxylic acids is 6. The number of aryl methyl sites for hydroxylation is 3. The van der Waals surface area contributed by atoms with E-state index in [0.717, 1.165) is 127 Å². The normalized spacial score (nSPS) is 22.0. The standard InChI is InChI=1S/C66H94N14O6/c1-6-77(76-74-60(51-29-17-12-18-30-51)72-64(84)58-42-40-53-32-20-22-34-55(66(86)80(53)58)70-62(82)47(3)68-5)43-23-9-7-13-25-48-35-37-49(38-36-48)26-14-8-10-24-44-78-45-56(73-75-78)59(50-27-15-11-16-28-50)71-63(83)57-41-39-52-31-19-21-33-54(65(85)79(52)57)69-61(81)46(2)67-4/h6,11-12,15-18,27-30,35-38,45-47,52-55,57-60,67-68H,1,7-10,13-14,19-26,31-34,39-44H2,2-5H3,(H,69,81)(H,70,82)(H,71,83)(H,72,84)/t46-,47-,52-,53-,54-,55-,57-,58-,59-,60?/m0/s1. The van der Waals surface area contributed by atoms with Gasteiger partial charge < -0.3 is 41.7 Å². The summed E-state index contributed by atoms with van der Waals surface area (Å²) >= 11 is 0. The van der Waals surface area contributed by atoms with Gasteiger partial charge in [-0.25, -0.2) is 0 Å². The number of carbonyl (C=O) groups is 6. The van der Waals surface area contributed by atoms with Crippen molar-refractivity contribution < 1.29 is 28.8 Å². The highest BCUT2D eigenvalue weighted by Crippen LogP contribution is 2.34. The monoisotopic (exact) mass is 1180 g/mol. The van der Waals surface area contributed by atoms with Crippen LogP contribution in [0.25, 0.3) is 0 Å². The summed E-state index contributed by atoms with van der Waals surface area (Å²) in [5.41, 5.74) is 4.98. The third-order valence-electron chi connectivity index (χ3n) is 17.9. The molecule has 0 radical (unpaired) electrons. The maximum Gasteiger partial charge on any atom is 0.246 e. The van der Waals surface area contributed by atoms with Crippen molar-refractivity contribution in [1.82, 2.24) is 61.7 Å². The lowest BCUT2D eigenvalue weighted by molar-refractivity contribution is -0.144. The van der Waals surface area contributed by atoms with Crippen LogP contribution >= 0.6 is 0 Å². The summed E-state index contributed by atoms with van der Waals surface area (Å²) in [5, 5.41) is 38.0. The van der Waals surface area contributed by atoms with Crippen LogP contribution in [0.4, 0.5) is 0 Å². The summed E-state index contributed by atoms with van der Waals surface area (Å²) in [6.07, 6.45) is 22.0. The molecule has 0 bridgehead atoms. The first kappa shape index (κ1) is 64.7. The van der Waals surface area contributed by atoms with Gasteiger partial charge in [0, 0.05) is 31.4 Å². The molecule has 5 heterocycles. The van der Waals surface area contributed by atoms with Gasteiger partial charge in [-0.1, -0.05) is 153 Å². The SMILES string of the molecule is C=CN(CCCCCCc1ccc(CCCCCCn2cc([C@@H](NC(=O)[C@@H]3CC[C@@H]4CCCC[C@H](NC(=O)[C@H](C)NC)C(=O)N43)c3ccccc3)nn2)cc1)N=NC(NC(=O)[C@@H]1CC[C@@H]2CCCC[C@H](NC(=O)[C@H](C)NC)C(=O)N21)c1ccccc1. The third kappa shape index (κ3) is 17.9. The molecule has 0 spiro atoms. The van der Waals surface area contributed by atoms with E-state index in [1.54, 1.807) is 49.0 Å². The highest BCUT2D eigenvalue weighted by atomic mass is 16.2. The van der Waals surface area contributed by atoms with Crippen LogP contribution in [-0.4, -0.2) is 134 Å². The second-order valence-corrected chi connectivity index (χ2v) is 24.0. The molecule has 0 aliphatic carbocycles. The van der Waals surface area contributed by atoms with Crippen molar-refractivity contribution in [1.29, 1.82) is 0 Å². The number of likely N-dealkylation sites (N-methyl/N-ethyl adjacent to an activating group) is 2. The molecule has 20 heteroatoms. The van der Waals surface area contributed by atoms with E-state index < -0.39 is 48.5 Å². The van der Waals surface area contributed by atoms with Gasteiger partial charge >= 0.3 is 0 Å². The Hall–Kier alpha value is -7.32. The van der Waals surface area contributed by atoms with Gasteiger partial charge in [-0.15, -0.1) is 10.2 Å². The average molecular weight is 1180 g/mol. The molecule has 3 aromatic carbocycles.